The van der Waals surface area contributed by atoms with Gasteiger partial charge in [0.05, 0.1) is 11.8 Å². The molecule has 0 aliphatic carbocycles. The third-order valence-electron chi connectivity index (χ3n) is 3.32. The second-order valence-electron chi connectivity index (χ2n) is 4.85. The van der Waals surface area contributed by atoms with Crippen molar-refractivity contribution in [3.8, 4) is 0 Å². The first-order valence-corrected chi connectivity index (χ1v) is 7.87. The summed E-state index contributed by atoms with van der Waals surface area (Å²) < 4.78 is 5.23. The van der Waals surface area contributed by atoms with E-state index in [4.69, 9.17) is 9.52 Å². The molecule has 1 N–H and O–H groups in total. The average Bonchev–Trinajstić information content (AvgIpc) is 2.85. The van der Waals surface area contributed by atoms with Crippen LogP contribution in [0.4, 0.5) is 5.69 Å². The van der Waals surface area contributed by atoms with Crippen molar-refractivity contribution in [1.29, 1.82) is 0 Å². The fourth-order valence-corrected chi connectivity index (χ4v) is 2.61. The summed E-state index contributed by atoms with van der Waals surface area (Å²) in [6.45, 7) is 1.73. The number of hydrogen-bond donors (Lipinski definition) is 1. The van der Waals surface area contributed by atoms with E-state index in [9.17, 15) is 9.59 Å². The lowest BCUT2D eigenvalue weighted by molar-refractivity contribution is -0.136. The Bertz CT molecular complexity index is 708. The minimum atomic E-state index is -1.03. The molecule has 6 heteroatoms. The minimum Gasteiger partial charge on any atom is -0.481 e. The zero-order valence-corrected chi connectivity index (χ0v) is 13.4. The number of carboxylic acids is 1. The zero-order chi connectivity index (χ0) is 16.3. The van der Waals surface area contributed by atoms with Gasteiger partial charge in [-0.2, -0.15) is 0 Å². The maximum Gasteiger partial charge on any atom is 0.311 e. The van der Waals surface area contributed by atoms with E-state index in [1.807, 2.05) is 30.5 Å². The van der Waals surface area contributed by atoms with Gasteiger partial charge in [0.2, 0.25) is 0 Å². The number of aliphatic carboxylic acids is 1. The van der Waals surface area contributed by atoms with Crippen LogP contribution in [0.15, 0.2) is 39.8 Å². The lowest BCUT2D eigenvalue weighted by Gasteiger charge is -2.18. The van der Waals surface area contributed by atoms with Crippen molar-refractivity contribution in [2.75, 3.05) is 18.2 Å². The van der Waals surface area contributed by atoms with Crippen molar-refractivity contribution in [2.45, 2.75) is 18.2 Å². The Kier molecular flexibility index (Phi) is 4.92. The minimum absolute atomic E-state index is 0.183. The van der Waals surface area contributed by atoms with Crippen molar-refractivity contribution < 1.29 is 19.1 Å². The fourth-order valence-electron chi connectivity index (χ4n) is 2.16. The Balaban J connectivity index is 2.34. The second kappa shape index (κ2) is 6.70. The molecular weight excluding hydrogens is 302 g/mol. The van der Waals surface area contributed by atoms with Crippen molar-refractivity contribution in [1.82, 2.24) is 0 Å². The van der Waals surface area contributed by atoms with Crippen molar-refractivity contribution in [3.05, 3.63) is 47.4 Å². The number of hydrogen-bond acceptors (Lipinski definition) is 4. The SMILES string of the molecule is CSc1cccc(N(C)C(=O)c2c(C)coc2CC(=O)O)c1. The molecule has 0 bridgehead atoms. The highest BCUT2D eigenvalue weighted by Gasteiger charge is 2.24. The molecule has 2 rings (SSSR count). The number of anilines is 1. The third-order valence-corrected chi connectivity index (χ3v) is 4.05. The van der Waals surface area contributed by atoms with E-state index < -0.39 is 5.97 Å². The lowest BCUT2D eigenvalue weighted by atomic mass is 10.1. The number of benzene rings is 1. The molecule has 1 heterocycles. The van der Waals surface area contributed by atoms with Gasteiger partial charge < -0.3 is 14.4 Å². The molecule has 0 aliphatic rings. The van der Waals surface area contributed by atoms with Crippen LogP contribution in [-0.4, -0.2) is 30.3 Å². The molecule has 0 spiro atoms. The molecule has 0 aliphatic heterocycles. The van der Waals surface area contributed by atoms with Gasteiger partial charge in [-0.3, -0.25) is 9.59 Å². The van der Waals surface area contributed by atoms with Gasteiger partial charge in [-0.05, 0) is 31.4 Å². The van der Waals surface area contributed by atoms with Crippen LogP contribution >= 0.6 is 11.8 Å². The van der Waals surface area contributed by atoms with Crippen LogP contribution in [0.2, 0.25) is 0 Å². The lowest BCUT2D eigenvalue weighted by Crippen LogP contribution is -2.27. The molecule has 0 unspecified atom stereocenters. The summed E-state index contributed by atoms with van der Waals surface area (Å²) in [7, 11) is 1.67. The van der Waals surface area contributed by atoms with Crippen LogP contribution in [0, 0.1) is 6.92 Å². The Hall–Kier alpha value is -2.21. The second-order valence-corrected chi connectivity index (χ2v) is 5.73. The monoisotopic (exact) mass is 319 g/mol. The summed E-state index contributed by atoms with van der Waals surface area (Å²) in [5, 5.41) is 8.92. The molecular formula is C16H17NO4S. The van der Waals surface area contributed by atoms with E-state index in [1.54, 1.807) is 25.7 Å². The molecule has 2 aromatic rings. The molecule has 0 radical (unpaired) electrons. The molecule has 22 heavy (non-hydrogen) atoms. The van der Waals surface area contributed by atoms with Gasteiger partial charge in [0, 0.05) is 23.2 Å². The van der Waals surface area contributed by atoms with Crippen molar-refractivity contribution >= 4 is 29.3 Å². The Labute approximate surface area is 132 Å². The number of nitrogens with zero attached hydrogens (tertiary/aromatic N) is 1. The number of carboxylic acid groups (broad SMARTS) is 1. The van der Waals surface area contributed by atoms with E-state index >= 15 is 0 Å². The summed E-state index contributed by atoms with van der Waals surface area (Å²) >= 11 is 1.59. The summed E-state index contributed by atoms with van der Waals surface area (Å²) in [5.74, 6) is -1.13. The molecule has 5 nitrogen and oxygen atoms in total. The number of carbonyl (C=O) groups excluding carboxylic acids is 1. The van der Waals surface area contributed by atoms with Gasteiger partial charge in [0.25, 0.3) is 5.91 Å². The molecule has 0 saturated heterocycles. The third kappa shape index (κ3) is 3.33. The molecule has 116 valence electrons. The van der Waals surface area contributed by atoms with Crippen LogP contribution in [0.25, 0.3) is 0 Å². The predicted octanol–water partition coefficient (Wildman–Crippen LogP) is 3.21. The van der Waals surface area contributed by atoms with E-state index in [-0.39, 0.29) is 18.1 Å². The first-order valence-electron chi connectivity index (χ1n) is 6.65. The van der Waals surface area contributed by atoms with Crippen LogP contribution < -0.4 is 4.90 Å². The Morgan fingerprint density at radius 1 is 1.36 bits per heavy atom. The molecule has 1 amide bonds. The summed E-state index contributed by atoms with van der Waals surface area (Å²) in [6.07, 6.45) is 3.07. The maximum atomic E-state index is 12.7. The average molecular weight is 319 g/mol. The maximum absolute atomic E-state index is 12.7. The molecule has 0 fully saturated rings. The Morgan fingerprint density at radius 3 is 2.73 bits per heavy atom. The predicted molar refractivity (Wildman–Crippen MR) is 85.7 cm³/mol. The van der Waals surface area contributed by atoms with Gasteiger partial charge in [0.15, 0.2) is 0 Å². The fraction of sp³-hybridized carbons (Fsp3) is 0.250. The smallest absolute Gasteiger partial charge is 0.311 e. The van der Waals surface area contributed by atoms with Crippen LogP contribution in [0.3, 0.4) is 0 Å². The van der Waals surface area contributed by atoms with Gasteiger partial charge in [-0.1, -0.05) is 6.07 Å². The normalized spacial score (nSPS) is 10.5. The molecule has 1 aromatic heterocycles. The summed E-state index contributed by atoms with van der Waals surface area (Å²) in [6, 6.07) is 7.59. The van der Waals surface area contributed by atoms with Crippen LogP contribution in [0.5, 0.6) is 0 Å². The van der Waals surface area contributed by atoms with Gasteiger partial charge >= 0.3 is 5.97 Å². The standard InChI is InChI=1S/C16H17NO4S/c1-10-9-21-13(8-14(18)19)15(10)16(20)17(2)11-5-4-6-12(7-11)22-3/h4-7,9H,8H2,1-3H3,(H,18,19). The largest absolute Gasteiger partial charge is 0.481 e. The first-order chi connectivity index (χ1) is 10.4. The Morgan fingerprint density at radius 2 is 2.09 bits per heavy atom. The van der Waals surface area contributed by atoms with E-state index in [2.05, 4.69) is 0 Å². The van der Waals surface area contributed by atoms with Crippen molar-refractivity contribution in [3.63, 3.8) is 0 Å². The summed E-state index contributed by atoms with van der Waals surface area (Å²) in [5.41, 5.74) is 1.70. The number of thioether (sulfide) groups is 1. The topological polar surface area (TPSA) is 70.8 Å². The molecule has 0 atom stereocenters. The van der Waals surface area contributed by atoms with Crippen LogP contribution in [0.1, 0.15) is 21.7 Å². The van der Waals surface area contributed by atoms with Crippen LogP contribution in [-0.2, 0) is 11.2 Å². The highest BCUT2D eigenvalue weighted by atomic mass is 32.2. The van der Waals surface area contributed by atoms with Gasteiger partial charge in [-0.25, -0.2) is 0 Å². The number of rotatable bonds is 5. The number of carbonyl (C=O) groups is 2. The number of amides is 1. The number of furan rings is 1. The van der Waals surface area contributed by atoms with E-state index in [1.165, 1.54) is 11.2 Å². The van der Waals surface area contributed by atoms with Gasteiger partial charge in [0.1, 0.15) is 12.2 Å². The summed E-state index contributed by atoms with van der Waals surface area (Å²) in [4.78, 5) is 26.1. The quantitative estimate of drug-likeness (QED) is 0.857. The van der Waals surface area contributed by atoms with Crippen molar-refractivity contribution in [2.24, 2.45) is 0 Å². The van der Waals surface area contributed by atoms with Gasteiger partial charge in [-0.15, -0.1) is 11.8 Å². The highest BCUT2D eigenvalue weighted by molar-refractivity contribution is 7.98. The molecule has 1 aromatic carbocycles. The zero-order valence-electron chi connectivity index (χ0n) is 12.6. The molecule has 0 saturated carbocycles. The number of aryl methyl sites for hydroxylation is 1. The van der Waals surface area contributed by atoms with E-state index in [0.29, 0.717) is 11.1 Å². The van der Waals surface area contributed by atoms with E-state index in [0.717, 1.165) is 10.6 Å². The first kappa shape index (κ1) is 16.2. The highest BCUT2D eigenvalue weighted by Crippen LogP contribution is 2.25.